The number of nitrogens with one attached hydrogen (secondary N) is 2. The maximum Gasteiger partial charge on any atom is 0.425 e. The molecule has 13 nitrogen and oxygen atoms in total. The van der Waals surface area contributed by atoms with Gasteiger partial charge in [0.15, 0.2) is 0 Å². The number of fused-ring (bicyclic) bond motifs is 2. The SMILES string of the molecule is COC(=O)N[C@H](C(=O)N1CCC[C@H]1C1=CN=C(c2ccc(-c3ccc(C4=NC=C(C5C6CCC(C6)[C@@H]5C(=O)N(NC(=O)OC)C(C)C)C4)cc3)cc2OC)C1)C(C)C. The fourth-order valence-electron chi connectivity index (χ4n) is 9.82. The predicted molar refractivity (Wildman–Crippen MR) is 221 cm³/mol. The Hall–Kier alpha value is -5.46. The minimum atomic E-state index is -0.671. The van der Waals surface area contributed by atoms with Crippen LogP contribution in [-0.2, 0) is 19.1 Å². The molecule has 3 heterocycles. The van der Waals surface area contributed by atoms with Gasteiger partial charge in [0.2, 0.25) is 11.8 Å². The molecule has 2 aromatic carbocycles. The molecule has 2 aliphatic carbocycles. The number of alkyl carbamates (subject to hydrolysis) is 1. The third-order valence-electron chi connectivity index (χ3n) is 12.7. The van der Waals surface area contributed by atoms with E-state index < -0.39 is 18.2 Å². The zero-order valence-electron chi connectivity index (χ0n) is 34.6. The Morgan fingerprint density at radius 3 is 2.14 bits per heavy atom. The van der Waals surface area contributed by atoms with Gasteiger partial charge >= 0.3 is 12.2 Å². The summed E-state index contributed by atoms with van der Waals surface area (Å²) in [5.41, 5.74) is 10.8. The fourth-order valence-corrected chi connectivity index (χ4v) is 9.82. The summed E-state index contributed by atoms with van der Waals surface area (Å²) in [6.45, 7) is 8.25. The summed E-state index contributed by atoms with van der Waals surface area (Å²) in [6, 6.07) is 13.6. The Labute approximate surface area is 340 Å². The van der Waals surface area contributed by atoms with Crippen LogP contribution in [0.1, 0.15) is 83.8 Å². The first-order valence-electron chi connectivity index (χ1n) is 20.5. The number of hydrogen-bond acceptors (Lipinski definition) is 9. The highest BCUT2D eigenvalue weighted by Crippen LogP contribution is 2.56. The molecule has 0 aromatic heterocycles. The van der Waals surface area contributed by atoms with E-state index in [1.54, 1.807) is 7.11 Å². The number of nitrogens with zero attached hydrogens (tertiary/aromatic N) is 4. The summed E-state index contributed by atoms with van der Waals surface area (Å²) in [5, 5.41) is 4.17. The van der Waals surface area contributed by atoms with Gasteiger partial charge < -0.3 is 24.4 Å². The van der Waals surface area contributed by atoms with Crippen LogP contribution >= 0.6 is 0 Å². The summed E-state index contributed by atoms with van der Waals surface area (Å²) in [5.74, 6) is 1.11. The van der Waals surface area contributed by atoms with Crippen molar-refractivity contribution in [3.63, 3.8) is 0 Å². The number of methoxy groups -OCH3 is 3. The summed E-state index contributed by atoms with van der Waals surface area (Å²) >= 11 is 0. The predicted octanol–water partition coefficient (Wildman–Crippen LogP) is 7.06. The van der Waals surface area contributed by atoms with E-state index in [9.17, 15) is 19.2 Å². The van der Waals surface area contributed by atoms with Crippen LogP contribution in [0.15, 0.2) is 76.0 Å². The number of likely N-dealkylation sites (tertiary alicyclic amines) is 1. The van der Waals surface area contributed by atoms with E-state index in [0.29, 0.717) is 31.2 Å². The normalized spacial score (nSPS) is 23.9. The quantitative estimate of drug-likeness (QED) is 0.231. The van der Waals surface area contributed by atoms with Crippen LogP contribution in [0.4, 0.5) is 9.59 Å². The average Bonchev–Trinajstić information content (AvgIpc) is 4.09. The van der Waals surface area contributed by atoms with E-state index >= 15 is 0 Å². The Morgan fingerprint density at radius 2 is 1.45 bits per heavy atom. The molecular weight excluding hydrogens is 737 g/mol. The summed E-state index contributed by atoms with van der Waals surface area (Å²) < 4.78 is 15.5. The number of benzene rings is 2. The van der Waals surface area contributed by atoms with Crippen molar-refractivity contribution in [2.45, 2.75) is 90.8 Å². The number of carbonyl (C=O) groups is 4. The summed E-state index contributed by atoms with van der Waals surface area (Å²) in [6.07, 6.45) is 8.79. The Bertz CT molecular complexity index is 2050. The Morgan fingerprint density at radius 1 is 0.793 bits per heavy atom. The van der Waals surface area contributed by atoms with Crippen molar-refractivity contribution in [2.75, 3.05) is 27.9 Å². The largest absolute Gasteiger partial charge is 0.496 e. The monoisotopic (exact) mass is 792 g/mol. The van der Waals surface area contributed by atoms with E-state index in [2.05, 4.69) is 47.1 Å². The number of ether oxygens (including phenoxy) is 3. The molecule has 5 aliphatic rings. The van der Waals surface area contributed by atoms with E-state index in [1.807, 2.05) is 51.1 Å². The lowest BCUT2D eigenvalue weighted by molar-refractivity contribution is -0.143. The second-order valence-corrected chi connectivity index (χ2v) is 16.7. The number of carbonyl (C=O) groups excluding carboxylic acids is 4. The van der Waals surface area contributed by atoms with Crippen LogP contribution in [-0.4, -0.2) is 91.3 Å². The number of allylic oxidation sites excluding steroid dienone is 1. The highest BCUT2D eigenvalue weighted by Gasteiger charge is 2.53. The van der Waals surface area contributed by atoms with Crippen LogP contribution < -0.4 is 15.5 Å². The van der Waals surface area contributed by atoms with Crippen LogP contribution in [0.25, 0.3) is 11.1 Å². The molecule has 3 unspecified atom stereocenters. The second kappa shape index (κ2) is 17.2. The first kappa shape index (κ1) is 40.7. The van der Waals surface area contributed by atoms with Gasteiger partial charge in [-0.1, -0.05) is 44.2 Å². The van der Waals surface area contributed by atoms with E-state index in [4.69, 9.17) is 24.2 Å². The lowest BCUT2D eigenvalue weighted by atomic mass is 9.73. The third-order valence-corrected chi connectivity index (χ3v) is 12.7. The minimum Gasteiger partial charge on any atom is -0.496 e. The minimum absolute atomic E-state index is 0.0481. The standard InChI is InChI=1S/C45H56N6O7/c1-25(2)41(48-44(54)57-6)43(53)50-18-8-9-37(50)32-20-36(47-23-32)34-17-16-29(22-38(34)56-5)27-10-12-28(13-11-27)35-21-33(24-46-35)39-30-14-15-31(19-30)40(39)42(52)51(26(3)4)49-45(55)58-7/h10-13,16-17,22-26,30-31,37,39-41H,8-9,14-15,18-21H2,1-7H3,(H,48,54)(H,49,55)/t30?,31?,37-,39?,40-,41-/m0/s1. The first-order valence-corrected chi connectivity index (χ1v) is 20.5. The molecule has 2 aromatic rings. The molecule has 2 saturated carbocycles. The molecule has 2 bridgehead atoms. The molecular formula is C45H56N6O7. The number of hydrazine groups is 1. The van der Waals surface area contributed by atoms with E-state index in [0.717, 1.165) is 77.1 Å². The van der Waals surface area contributed by atoms with Crippen LogP contribution in [0.3, 0.4) is 0 Å². The van der Waals surface area contributed by atoms with Crippen molar-refractivity contribution in [3.05, 3.63) is 77.1 Å². The van der Waals surface area contributed by atoms with Gasteiger partial charge in [-0.05, 0) is 110 Å². The zero-order chi connectivity index (χ0) is 41.2. The lowest BCUT2D eigenvalue weighted by Crippen LogP contribution is -2.54. The van der Waals surface area contributed by atoms with Gasteiger partial charge in [0, 0.05) is 49.3 Å². The average molecular weight is 793 g/mol. The van der Waals surface area contributed by atoms with Crippen molar-refractivity contribution in [3.8, 4) is 16.9 Å². The molecule has 3 aliphatic heterocycles. The smallest absolute Gasteiger partial charge is 0.425 e. The van der Waals surface area contributed by atoms with Crippen LogP contribution in [0.2, 0.25) is 0 Å². The van der Waals surface area contributed by atoms with Gasteiger partial charge in [-0.3, -0.25) is 19.6 Å². The Kier molecular flexibility index (Phi) is 12.1. The maximum atomic E-state index is 14.0. The van der Waals surface area contributed by atoms with Crippen molar-refractivity contribution < 1.29 is 33.4 Å². The summed E-state index contributed by atoms with van der Waals surface area (Å²) in [4.78, 5) is 63.3. The van der Waals surface area contributed by atoms with Gasteiger partial charge in [-0.2, -0.15) is 0 Å². The molecule has 4 amide bonds. The van der Waals surface area contributed by atoms with Crippen LogP contribution in [0.5, 0.6) is 5.75 Å². The fraction of sp³-hybridized carbons (Fsp3) is 0.511. The van der Waals surface area contributed by atoms with Crippen molar-refractivity contribution >= 4 is 35.4 Å². The summed E-state index contributed by atoms with van der Waals surface area (Å²) in [7, 11) is 4.27. The van der Waals surface area contributed by atoms with Gasteiger partial charge in [0.05, 0.1) is 38.8 Å². The molecule has 1 saturated heterocycles. The highest BCUT2D eigenvalue weighted by atomic mass is 16.5. The molecule has 308 valence electrons. The molecule has 0 radical (unpaired) electrons. The van der Waals surface area contributed by atoms with E-state index in [-0.39, 0.29) is 41.7 Å². The molecule has 58 heavy (non-hydrogen) atoms. The van der Waals surface area contributed by atoms with Crippen LogP contribution in [0, 0.1) is 29.6 Å². The molecule has 6 atom stereocenters. The number of amides is 4. The zero-order valence-corrected chi connectivity index (χ0v) is 34.6. The number of aliphatic imine (C=N–C) groups is 2. The molecule has 3 fully saturated rings. The highest BCUT2D eigenvalue weighted by molar-refractivity contribution is 6.07. The molecule has 2 N–H and O–H groups in total. The molecule has 7 rings (SSSR count). The van der Waals surface area contributed by atoms with Crippen molar-refractivity contribution in [2.24, 2.45) is 39.6 Å². The van der Waals surface area contributed by atoms with Gasteiger partial charge in [0.1, 0.15) is 11.8 Å². The second-order valence-electron chi connectivity index (χ2n) is 16.7. The molecule has 13 heteroatoms. The first-order chi connectivity index (χ1) is 27.9. The van der Waals surface area contributed by atoms with Gasteiger partial charge in [0.25, 0.3) is 0 Å². The maximum absolute atomic E-state index is 14.0. The third kappa shape index (κ3) is 8.00. The van der Waals surface area contributed by atoms with E-state index in [1.165, 1.54) is 24.8 Å². The Balaban J connectivity index is 0.995. The number of hydrogen-bond donors (Lipinski definition) is 2. The van der Waals surface area contributed by atoms with Gasteiger partial charge in [-0.25, -0.2) is 20.0 Å². The number of rotatable bonds is 11. The lowest BCUT2D eigenvalue weighted by Gasteiger charge is -2.36. The topological polar surface area (TPSA) is 151 Å². The van der Waals surface area contributed by atoms with Crippen molar-refractivity contribution in [1.29, 1.82) is 0 Å². The molecule has 0 spiro atoms. The van der Waals surface area contributed by atoms with Crippen molar-refractivity contribution in [1.82, 2.24) is 20.7 Å². The van der Waals surface area contributed by atoms with Gasteiger partial charge in [-0.15, -0.1) is 0 Å².